The highest BCUT2D eigenvalue weighted by Gasteiger charge is 2.16. The molecule has 0 aliphatic carbocycles. The lowest BCUT2D eigenvalue weighted by Crippen LogP contribution is -2.24. The van der Waals surface area contributed by atoms with Crippen molar-refractivity contribution in [1.82, 2.24) is 5.32 Å². The van der Waals surface area contributed by atoms with Crippen LogP contribution in [-0.2, 0) is 14.6 Å². The van der Waals surface area contributed by atoms with Crippen LogP contribution in [0, 0.1) is 0 Å². The standard InChI is InChI=1S/C8H11NO5S/c1-13-5-9-8(10)6-3-4-7(14-6)15(2,11)12/h3-4H,5H2,1-2H3,(H,9,10). The second-order valence-electron chi connectivity index (χ2n) is 2.83. The van der Waals surface area contributed by atoms with Crippen molar-refractivity contribution in [3.63, 3.8) is 0 Å². The number of amides is 1. The van der Waals surface area contributed by atoms with Crippen LogP contribution in [-0.4, -0.2) is 34.4 Å². The van der Waals surface area contributed by atoms with Gasteiger partial charge in [0.05, 0.1) is 0 Å². The number of nitrogens with one attached hydrogen (secondary N) is 1. The first-order chi connectivity index (χ1) is 6.95. The van der Waals surface area contributed by atoms with Gasteiger partial charge in [-0.2, -0.15) is 0 Å². The van der Waals surface area contributed by atoms with Gasteiger partial charge in [-0.15, -0.1) is 0 Å². The van der Waals surface area contributed by atoms with Gasteiger partial charge >= 0.3 is 0 Å². The molecule has 84 valence electrons. The largest absolute Gasteiger partial charge is 0.440 e. The summed E-state index contributed by atoms with van der Waals surface area (Å²) < 4.78 is 31.5. The number of rotatable bonds is 4. The summed E-state index contributed by atoms with van der Waals surface area (Å²) in [4.78, 5) is 11.3. The minimum absolute atomic E-state index is 0.0355. The summed E-state index contributed by atoms with van der Waals surface area (Å²) in [5.74, 6) is -0.584. The maximum atomic E-state index is 11.3. The number of ether oxygens (including phenoxy) is 1. The molecule has 1 rings (SSSR count). The number of sulfone groups is 1. The Balaban J connectivity index is 2.81. The molecule has 1 aromatic rings. The van der Waals surface area contributed by atoms with Gasteiger partial charge in [0, 0.05) is 13.4 Å². The SMILES string of the molecule is COCNC(=O)c1ccc(S(C)(=O)=O)o1. The monoisotopic (exact) mass is 233 g/mol. The third-order valence-electron chi connectivity index (χ3n) is 1.55. The zero-order valence-corrected chi connectivity index (χ0v) is 9.13. The van der Waals surface area contributed by atoms with E-state index in [4.69, 9.17) is 4.42 Å². The number of carbonyl (C=O) groups excluding carboxylic acids is 1. The average molecular weight is 233 g/mol. The average Bonchev–Trinajstić information content (AvgIpc) is 2.62. The van der Waals surface area contributed by atoms with Gasteiger partial charge in [-0.05, 0) is 12.1 Å². The molecule has 1 amide bonds. The van der Waals surface area contributed by atoms with Crippen molar-refractivity contribution in [2.24, 2.45) is 0 Å². The van der Waals surface area contributed by atoms with E-state index in [1.165, 1.54) is 19.2 Å². The molecule has 15 heavy (non-hydrogen) atoms. The number of hydrogen-bond acceptors (Lipinski definition) is 5. The Bertz CT molecular complexity index is 447. The molecule has 0 saturated carbocycles. The van der Waals surface area contributed by atoms with E-state index in [1.54, 1.807) is 0 Å². The van der Waals surface area contributed by atoms with Crippen LogP contribution in [0.5, 0.6) is 0 Å². The third-order valence-corrected chi connectivity index (χ3v) is 2.50. The molecule has 0 aliphatic heterocycles. The summed E-state index contributed by atoms with van der Waals surface area (Å²) in [6.45, 7) is 0.0355. The van der Waals surface area contributed by atoms with Gasteiger partial charge < -0.3 is 14.5 Å². The van der Waals surface area contributed by atoms with E-state index in [-0.39, 0.29) is 17.6 Å². The molecule has 1 heterocycles. The number of furan rings is 1. The van der Waals surface area contributed by atoms with Crippen LogP contribution >= 0.6 is 0 Å². The second kappa shape index (κ2) is 4.45. The molecule has 0 unspecified atom stereocenters. The fraction of sp³-hybridized carbons (Fsp3) is 0.375. The first-order valence-corrected chi connectivity index (χ1v) is 5.91. The molecule has 0 aliphatic rings. The maximum Gasteiger partial charge on any atom is 0.288 e. The van der Waals surface area contributed by atoms with Gasteiger partial charge in [0.1, 0.15) is 6.73 Å². The molecule has 0 atom stereocenters. The molecule has 0 bridgehead atoms. The maximum absolute atomic E-state index is 11.3. The Morgan fingerprint density at radius 1 is 1.53 bits per heavy atom. The Morgan fingerprint density at radius 2 is 2.20 bits per heavy atom. The zero-order chi connectivity index (χ0) is 11.5. The highest BCUT2D eigenvalue weighted by molar-refractivity contribution is 7.90. The predicted molar refractivity (Wildman–Crippen MR) is 51.2 cm³/mol. The number of methoxy groups -OCH3 is 1. The highest BCUT2D eigenvalue weighted by Crippen LogP contribution is 2.13. The van der Waals surface area contributed by atoms with Crippen LogP contribution in [0.15, 0.2) is 21.6 Å². The van der Waals surface area contributed by atoms with Crippen LogP contribution < -0.4 is 5.32 Å². The van der Waals surface area contributed by atoms with Gasteiger partial charge in [-0.1, -0.05) is 0 Å². The zero-order valence-electron chi connectivity index (χ0n) is 8.31. The molecule has 0 spiro atoms. The number of hydrogen-bond donors (Lipinski definition) is 1. The van der Waals surface area contributed by atoms with Crippen molar-refractivity contribution in [2.45, 2.75) is 5.09 Å². The molecule has 1 N–H and O–H groups in total. The van der Waals surface area contributed by atoms with E-state index in [2.05, 4.69) is 10.1 Å². The second-order valence-corrected chi connectivity index (χ2v) is 4.78. The molecular weight excluding hydrogens is 222 g/mol. The summed E-state index contributed by atoms with van der Waals surface area (Å²) in [6.07, 6.45) is 1.00. The summed E-state index contributed by atoms with van der Waals surface area (Å²) in [6, 6.07) is 2.53. The van der Waals surface area contributed by atoms with Crippen molar-refractivity contribution < 1.29 is 22.4 Å². The summed E-state index contributed by atoms with van der Waals surface area (Å²) in [5.41, 5.74) is 0. The van der Waals surface area contributed by atoms with Crippen molar-refractivity contribution >= 4 is 15.7 Å². The summed E-state index contributed by atoms with van der Waals surface area (Å²) >= 11 is 0. The van der Waals surface area contributed by atoms with E-state index in [0.29, 0.717) is 0 Å². The molecule has 0 saturated heterocycles. The first kappa shape index (κ1) is 11.7. The van der Waals surface area contributed by atoms with Gasteiger partial charge in [0.15, 0.2) is 5.76 Å². The fourth-order valence-corrected chi connectivity index (χ4v) is 1.42. The Kier molecular flexibility index (Phi) is 3.48. The van der Waals surface area contributed by atoms with Gasteiger partial charge in [0.25, 0.3) is 5.91 Å². The lowest BCUT2D eigenvalue weighted by molar-refractivity contribution is 0.0839. The van der Waals surface area contributed by atoms with E-state index in [9.17, 15) is 13.2 Å². The summed E-state index contributed by atoms with van der Waals surface area (Å²) in [5, 5.41) is 2.13. The topological polar surface area (TPSA) is 85.6 Å². The molecule has 0 fully saturated rings. The minimum atomic E-state index is -3.41. The predicted octanol–water partition coefficient (Wildman–Crippen LogP) is 0.0168. The van der Waals surface area contributed by atoms with Gasteiger partial charge in [-0.3, -0.25) is 4.79 Å². The lowest BCUT2D eigenvalue weighted by Gasteiger charge is -1.99. The fourth-order valence-electron chi connectivity index (χ4n) is 0.866. The van der Waals surface area contributed by atoms with Gasteiger partial charge in [-0.25, -0.2) is 8.42 Å². The van der Waals surface area contributed by atoms with Crippen molar-refractivity contribution in [1.29, 1.82) is 0 Å². The van der Waals surface area contributed by atoms with E-state index < -0.39 is 15.7 Å². The number of carbonyl (C=O) groups is 1. The Morgan fingerprint density at radius 3 is 2.67 bits per heavy atom. The molecule has 0 aromatic carbocycles. The van der Waals surface area contributed by atoms with Crippen molar-refractivity contribution in [2.75, 3.05) is 20.1 Å². The molecular formula is C8H11NO5S. The normalized spacial score (nSPS) is 11.3. The van der Waals surface area contributed by atoms with Gasteiger partial charge in [0.2, 0.25) is 14.9 Å². The van der Waals surface area contributed by atoms with Crippen LogP contribution in [0.2, 0.25) is 0 Å². The quantitative estimate of drug-likeness (QED) is 0.741. The van der Waals surface area contributed by atoms with E-state index in [0.717, 1.165) is 6.26 Å². The van der Waals surface area contributed by atoms with E-state index >= 15 is 0 Å². The Hall–Kier alpha value is -1.34. The smallest absolute Gasteiger partial charge is 0.288 e. The van der Waals surface area contributed by atoms with Crippen LogP contribution in [0.25, 0.3) is 0 Å². The van der Waals surface area contributed by atoms with Crippen molar-refractivity contribution in [3.8, 4) is 0 Å². The third kappa shape index (κ3) is 3.07. The van der Waals surface area contributed by atoms with Crippen LogP contribution in [0.1, 0.15) is 10.6 Å². The minimum Gasteiger partial charge on any atom is -0.440 e. The molecule has 0 radical (unpaired) electrons. The van der Waals surface area contributed by atoms with E-state index in [1.807, 2.05) is 0 Å². The lowest BCUT2D eigenvalue weighted by atomic mass is 10.4. The molecule has 1 aromatic heterocycles. The molecule has 7 heteroatoms. The van der Waals surface area contributed by atoms with Crippen molar-refractivity contribution in [3.05, 3.63) is 17.9 Å². The first-order valence-electron chi connectivity index (χ1n) is 4.02. The van der Waals surface area contributed by atoms with Crippen LogP contribution in [0.4, 0.5) is 0 Å². The summed E-state index contributed by atoms with van der Waals surface area (Å²) in [7, 11) is -1.99. The molecule has 6 nitrogen and oxygen atoms in total. The van der Waals surface area contributed by atoms with Crippen LogP contribution in [0.3, 0.4) is 0 Å². The Labute approximate surface area is 87.1 Å². The highest BCUT2D eigenvalue weighted by atomic mass is 32.2.